The summed E-state index contributed by atoms with van der Waals surface area (Å²) in [6, 6.07) is 15.2. The number of hydrogen-bond donors (Lipinski definition) is 0. The molecular weight excluding hydrogens is 300 g/mol. The van der Waals surface area contributed by atoms with E-state index in [2.05, 4.69) is 20.8 Å². The highest BCUT2D eigenvalue weighted by Gasteiger charge is 2.13. The molecule has 0 heterocycles. The first-order valence-corrected chi connectivity index (χ1v) is 8.12. The fourth-order valence-corrected chi connectivity index (χ4v) is 2.18. The van der Waals surface area contributed by atoms with Crippen LogP contribution in [0.5, 0.6) is 11.5 Å². The molecule has 0 saturated heterocycles. The Morgan fingerprint density at radius 2 is 1.54 bits per heavy atom. The van der Waals surface area contributed by atoms with Crippen molar-refractivity contribution in [3.63, 3.8) is 0 Å². The Bertz CT molecular complexity index is 689. The van der Waals surface area contributed by atoms with Gasteiger partial charge < -0.3 is 9.47 Å². The van der Waals surface area contributed by atoms with Gasteiger partial charge in [0.15, 0.2) is 0 Å². The molecule has 0 unspecified atom stereocenters. The molecule has 126 valence electrons. The molecule has 0 aromatic heterocycles. The number of carbonyl (C=O) groups is 1. The molecule has 0 bridgehead atoms. The van der Waals surface area contributed by atoms with Crippen LogP contribution in [-0.2, 0) is 10.2 Å². The second kappa shape index (κ2) is 7.82. The van der Waals surface area contributed by atoms with Gasteiger partial charge in [-0.3, -0.25) is 0 Å². The Labute approximate surface area is 143 Å². The fourth-order valence-electron chi connectivity index (χ4n) is 2.18. The predicted octanol–water partition coefficient (Wildman–Crippen LogP) is 5.00. The van der Waals surface area contributed by atoms with Gasteiger partial charge in [0.05, 0.1) is 6.61 Å². The lowest BCUT2D eigenvalue weighted by Crippen LogP contribution is -2.11. The molecule has 2 aromatic rings. The molecule has 0 atom stereocenters. The standard InChI is InChI=1S/C21H24O3/c1-5-23-18-11-6-16(7-12-18)8-15-20(22)24-19-13-9-17(10-14-19)21(2,3)4/h6-15H,5H2,1-4H3/b15-8+. The Morgan fingerprint density at radius 1 is 0.958 bits per heavy atom. The molecule has 0 aliphatic heterocycles. The molecule has 0 amide bonds. The van der Waals surface area contributed by atoms with Crippen molar-refractivity contribution in [2.45, 2.75) is 33.1 Å². The lowest BCUT2D eigenvalue weighted by Gasteiger charge is -2.18. The molecule has 0 spiro atoms. The zero-order valence-corrected chi connectivity index (χ0v) is 14.7. The summed E-state index contributed by atoms with van der Waals surface area (Å²) in [5, 5.41) is 0. The van der Waals surface area contributed by atoms with Crippen LogP contribution in [-0.4, -0.2) is 12.6 Å². The zero-order valence-electron chi connectivity index (χ0n) is 14.7. The molecule has 2 aromatic carbocycles. The monoisotopic (exact) mass is 324 g/mol. The number of benzene rings is 2. The van der Waals surface area contributed by atoms with E-state index in [0.717, 1.165) is 11.3 Å². The molecule has 0 radical (unpaired) electrons. The average molecular weight is 324 g/mol. The first-order valence-electron chi connectivity index (χ1n) is 8.12. The minimum absolute atomic E-state index is 0.0795. The molecule has 24 heavy (non-hydrogen) atoms. The first-order chi connectivity index (χ1) is 11.4. The van der Waals surface area contributed by atoms with Crippen LogP contribution >= 0.6 is 0 Å². The summed E-state index contributed by atoms with van der Waals surface area (Å²) in [4.78, 5) is 11.9. The van der Waals surface area contributed by atoms with Crippen LogP contribution in [0.15, 0.2) is 54.6 Å². The molecule has 0 fully saturated rings. The van der Waals surface area contributed by atoms with Crippen LogP contribution in [0, 0.1) is 0 Å². The second-order valence-corrected chi connectivity index (χ2v) is 6.53. The smallest absolute Gasteiger partial charge is 0.336 e. The van der Waals surface area contributed by atoms with E-state index >= 15 is 0 Å². The van der Waals surface area contributed by atoms with Gasteiger partial charge in [-0.05, 0) is 53.8 Å². The molecular formula is C21H24O3. The molecule has 2 rings (SSSR count). The summed E-state index contributed by atoms with van der Waals surface area (Å²) in [6.07, 6.45) is 3.15. The molecule has 3 nitrogen and oxygen atoms in total. The van der Waals surface area contributed by atoms with Crippen LogP contribution in [0.1, 0.15) is 38.8 Å². The second-order valence-electron chi connectivity index (χ2n) is 6.53. The van der Waals surface area contributed by atoms with Crippen molar-refractivity contribution in [3.8, 4) is 11.5 Å². The van der Waals surface area contributed by atoms with E-state index in [9.17, 15) is 4.79 Å². The number of rotatable bonds is 5. The molecule has 0 aliphatic carbocycles. The van der Waals surface area contributed by atoms with Crippen molar-refractivity contribution in [1.82, 2.24) is 0 Å². The lowest BCUT2D eigenvalue weighted by molar-refractivity contribution is -0.128. The topological polar surface area (TPSA) is 35.5 Å². The highest BCUT2D eigenvalue weighted by molar-refractivity contribution is 5.88. The van der Waals surface area contributed by atoms with Gasteiger partial charge in [-0.15, -0.1) is 0 Å². The third-order valence-electron chi connectivity index (χ3n) is 3.54. The van der Waals surface area contributed by atoms with E-state index in [1.165, 1.54) is 11.6 Å². The number of hydrogen-bond acceptors (Lipinski definition) is 3. The molecule has 0 N–H and O–H groups in total. The van der Waals surface area contributed by atoms with Crippen LogP contribution in [0.4, 0.5) is 0 Å². The Balaban J connectivity index is 1.95. The number of esters is 1. The summed E-state index contributed by atoms with van der Waals surface area (Å²) in [6.45, 7) is 9.02. The highest BCUT2D eigenvalue weighted by Crippen LogP contribution is 2.24. The van der Waals surface area contributed by atoms with Gasteiger partial charge in [0.25, 0.3) is 0 Å². The van der Waals surface area contributed by atoms with Crippen molar-refractivity contribution < 1.29 is 14.3 Å². The molecule has 0 saturated carbocycles. The van der Waals surface area contributed by atoms with Gasteiger partial charge in [-0.2, -0.15) is 0 Å². The number of carbonyl (C=O) groups excluding carboxylic acids is 1. The summed E-state index contributed by atoms with van der Waals surface area (Å²) in [5.41, 5.74) is 2.20. The van der Waals surface area contributed by atoms with Gasteiger partial charge in [0, 0.05) is 6.08 Å². The maximum Gasteiger partial charge on any atom is 0.336 e. The first kappa shape index (κ1) is 17.8. The van der Waals surface area contributed by atoms with E-state index in [4.69, 9.17) is 9.47 Å². The van der Waals surface area contributed by atoms with E-state index < -0.39 is 5.97 Å². The minimum atomic E-state index is -0.396. The summed E-state index contributed by atoms with van der Waals surface area (Å²) in [5.74, 6) is 0.966. The van der Waals surface area contributed by atoms with E-state index in [1.807, 2.05) is 55.5 Å². The highest BCUT2D eigenvalue weighted by atomic mass is 16.5. The van der Waals surface area contributed by atoms with Crippen molar-refractivity contribution in [2.24, 2.45) is 0 Å². The maximum atomic E-state index is 11.9. The SMILES string of the molecule is CCOc1ccc(/C=C/C(=O)Oc2ccc(C(C)(C)C)cc2)cc1. The van der Waals surface area contributed by atoms with Gasteiger partial charge in [-0.1, -0.05) is 45.0 Å². The zero-order chi connectivity index (χ0) is 17.6. The average Bonchev–Trinajstić information content (AvgIpc) is 2.54. The fraction of sp³-hybridized carbons (Fsp3) is 0.286. The quantitative estimate of drug-likeness (QED) is 0.441. The summed E-state index contributed by atoms with van der Waals surface area (Å²) >= 11 is 0. The van der Waals surface area contributed by atoms with E-state index in [0.29, 0.717) is 12.4 Å². The summed E-state index contributed by atoms with van der Waals surface area (Å²) < 4.78 is 10.7. The van der Waals surface area contributed by atoms with Crippen molar-refractivity contribution in [2.75, 3.05) is 6.61 Å². The lowest BCUT2D eigenvalue weighted by atomic mass is 9.87. The third kappa shape index (κ3) is 5.27. The van der Waals surface area contributed by atoms with Crippen LogP contribution in [0.25, 0.3) is 6.08 Å². The minimum Gasteiger partial charge on any atom is -0.494 e. The van der Waals surface area contributed by atoms with Gasteiger partial charge in [-0.25, -0.2) is 4.79 Å². The molecule has 0 aliphatic rings. The van der Waals surface area contributed by atoms with Crippen LogP contribution < -0.4 is 9.47 Å². The van der Waals surface area contributed by atoms with Gasteiger partial charge >= 0.3 is 5.97 Å². The van der Waals surface area contributed by atoms with E-state index in [-0.39, 0.29) is 5.41 Å². The van der Waals surface area contributed by atoms with Crippen molar-refractivity contribution >= 4 is 12.0 Å². The van der Waals surface area contributed by atoms with Crippen LogP contribution in [0.3, 0.4) is 0 Å². The van der Waals surface area contributed by atoms with Gasteiger partial charge in [0.1, 0.15) is 11.5 Å². The molecule has 3 heteroatoms. The normalized spacial score (nSPS) is 11.5. The van der Waals surface area contributed by atoms with Crippen molar-refractivity contribution in [3.05, 3.63) is 65.7 Å². The predicted molar refractivity (Wildman–Crippen MR) is 97.4 cm³/mol. The largest absolute Gasteiger partial charge is 0.494 e. The van der Waals surface area contributed by atoms with Crippen molar-refractivity contribution in [1.29, 1.82) is 0 Å². The Kier molecular flexibility index (Phi) is 5.80. The van der Waals surface area contributed by atoms with Gasteiger partial charge in [0.2, 0.25) is 0 Å². The van der Waals surface area contributed by atoms with E-state index in [1.54, 1.807) is 6.08 Å². The maximum absolute atomic E-state index is 11.9. The summed E-state index contributed by atoms with van der Waals surface area (Å²) in [7, 11) is 0. The Hall–Kier alpha value is -2.55. The number of ether oxygens (including phenoxy) is 2. The third-order valence-corrected chi connectivity index (χ3v) is 3.54. The van der Waals surface area contributed by atoms with Crippen LogP contribution in [0.2, 0.25) is 0 Å². The Morgan fingerprint density at radius 3 is 2.08 bits per heavy atom.